The Labute approximate surface area is 118 Å². The summed E-state index contributed by atoms with van der Waals surface area (Å²) in [6, 6.07) is 4.18. The Kier molecular flexibility index (Phi) is 3.92. The van der Waals surface area contributed by atoms with Crippen LogP contribution in [-0.2, 0) is 9.59 Å². The van der Waals surface area contributed by atoms with Crippen LogP contribution >= 0.6 is 23.2 Å². The third-order valence-corrected chi connectivity index (χ3v) is 3.28. The van der Waals surface area contributed by atoms with E-state index in [2.05, 4.69) is 10.6 Å². The van der Waals surface area contributed by atoms with E-state index in [9.17, 15) is 14.4 Å². The molecule has 0 aliphatic carbocycles. The largest absolute Gasteiger partial charge is 0.329 e. The molecule has 100 valence electrons. The zero-order valence-electron chi connectivity index (χ0n) is 9.57. The van der Waals surface area contributed by atoms with Gasteiger partial charge in [-0.2, -0.15) is 0 Å². The van der Waals surface area contributed by atoms with Crippen molar-refractivity contribution in [2.75, 3.05) is 18.4 Å². The summed E-state index contributed by atoms with van der Waals surface area (Å²) in [5, 5.41) is 5.31. The highest BCUT2D eigenvalue weighted by atomic mass is 35.5. The third kappa shape index (κ3) is 2.97. The number of urea groups is 1. The Balaban J connectivity index is 2.04. The van der Waals surface area contributed by atoms with E-state index in [0.29, 0.717) is 10.7 Å². The second-order valence-corrected chi connectivity index (χ2v) is 4.57. The first-order valence-electron chi connectivity index (χ1n) is 5.31. The number of carbonyl (C=O) groups excluding carboxylic acids is 3. The maximum Gasteiger partial charge on any atom is 0.325 e. The van der Waals surface area contributed by atoms with Gasteiger partial charge in [-0.15, -0.1) is 0 Å². The maximum atomic E-state index is 11.7. The van der Waals surface area contributed by atoms with Crippen molar-refractivity contribution in [1.82, 2.24) is 10.2 Å². The topological polar surface area (TPSA) is 78.5 Å². The summed E-state index contributed by atoms with van der Waals surface area (Å²) >= 11 is 11.7. The summed E-state index contributed by atoms with van der Waals surface area (Å²) < 4.78 is 0. The van der Waals surface area contributed by atoms with Crippen LogP contribution in [0.1, 0.15) is 0 Å². The fourth-order valence-electron chi connectivity index (χ4n) is 1.55. The van der Waals surface area contributed by atoms with Gasteiger partial charge in [-0.1, -0.05) is 29.3 Å². The lowest BCUT2D eigenvalue weighted by atomic mass is 10.3. The number of nitrogens with zero attached hydrogens (tertiary/aromatic N) is 1. The Morgan fingerprint density at radius 3 is 2.74 bits per heavy atom. The summed E-state index contributed by atoms with van der Waals surface area (Å²) in [5.74, 6) is -0.980. The molecule has 0 aromatic heterocycles. The van der Waals surface area contributed by atoms with Gasteiger partial charge >= 0.3 is 6.03 Å². The van der Waals surface area contributed by atoms with E-state index in [0.717, 1.165) is 4.90 Å². The first-order valence-corrected chi connectivity index (χ1v) is 6.06. The van der Waals surface area contributed by atoms with E-state index in [-0.39, 0.29) is 18.1 Å². The average molecular weight is 302 g/mol. The lowest BCUT2D eigenvalue weighted by Crippen LogP contribution is -2.38. The highest BCUT2D eigenvalue weighted by Gasteiger charge is 2.30. The van der Waals surface area contributed by atoms with E-state index < -0.39 is 17.8 Å². The van der Waals surface area contributed by atoms with Crippen LogP contribution in [0.25, 0.3) is 0 Å². The molecule has 4 amide bonds. The molecule has 1 aliphatic rings. The molecule has 0 saturated carbocycles. The fraction of sp³-hybridized carbons (Fsp3) is 0.182. The van der Waals surface area contributed by atoms with Crippen LogP contribution in [0.4, 0.5) is 10.5 Å². The second kappa shape index (κ2) is 5.46. The number of benzene rings is 1. The Bertz CT molecular complexity index is 546. The van der Waals surface area contributed by atoms with Gasteiger partial charge in [-0.25, -0.2) is 4.79 Å². The summed E-state index contributed by atoms with van der Waals surface area (Å²) in [7, 11) is 0. The SMILES string of the molecule is O=C(CN1C(=O)CNC1=O)Nc1cccc(Cl)c1Cl. The maximum absolute atomic E-state index is 11.7. The van der Waals surface area contributed by atoms with Crippen LogP contribution in [0.5, 0.6) is 0 Å². The summed E-state index contributed by atoms with van der Waals surface area (Å²) in [6.07, 6.45) is 0. The lowest BCUT2D eigenvalue weighted by molar-refractivity contribution is -0.128. The van der Waals surface area contributed by atoms with Gasteiger partial charge in [-0.3, -0.25) is 14.5 Å². The van der Waals surface area contributed by atoms with Crippen molar-refractivity contribution in [2.24, 2.45) is 0 Å². The van der Waals surface area contributed by atoms with E-state index in [1.807, 2.05) is 0 Å². The smallest absolute Gasteiger partial charge is 0.325 e. The van der Waals surface area contributed by atoms with Crippen LogP contribution in [0.3, 0.4) is 0 Å². The zero-order chi connectivity index (χ0) is 14.0. The molecule has 1 saturated heterocycles. The molecule has 6 nitrogen and oxygen atoms in total. The van der Waals surface area contributed by atoms with Crippen molar-refractivity contribution in [3.05, 3.63) is 28.2 Å². The number of anilines is 1. The van der Waals surface area contributed by atoms with Crippen molar-refractivity contribution in [2.45, 2.75) is 0 Å². The molecule has 19 heavy (non-hydrogen) atoms. The van der Waals surface area contributed by atoms with Gasteiger partial charge in [-0.05, 0) is 12.1 Å². The average Bonchev–Trinajstić information content (AvgIpc) is 2.67. The van der Waals surface area contributed by atoms with Gasteiger partial charge in [0.2, 0.25) is 5.91 Å². The minimum atomic E-state index is -0.586. The van der Waals surface area contributed by atoms with E-state index in [1.54, 1.807) is 18.2 Å². The van der Waals surface area contributed by atoms with E-state index >= 15 is 0 Å². The number of amides is 4. The van der Waals surface area contributed by atoms with Crippen molar-refractivity contribution in [3.8, 4) is 0 Å². The van der Waals surface area contributed by atoms with E-state index in [4.69, 9.17) is 23.2 Å². The minimum absolute atomic E-state index is 0.0932. The molecule has 1 heterocycles. The van der Waals surface area contributed by atoms with Gasteiger partial charge in [0.25, 0.3) is 5.91 Å². The Hall–Kier alpha value is -1.79. The van der Waals surface area contributed by atoms with Gasteiger partial charge in [0, 0.05) is 0 Å². The molecule has 1 fully saturated rings. The minimum Gasteiger partial charge on any atom is -0.329 e. The summed E-state index contributed by atoms with van der Waals surface area (Å²) in [5.41, 5.74) is 0.325. The van der Waals surface area contributed by atoms with Crippen LogP contribution in [0.2, 0.25) is 10.0 Å². The van der Waals surface area contributed by atoms with Crippen LogP contribution in [-0.4, -0.2) is 35.8 Å². The molecule has 0 spiro atoms. The quantitative estimate of drug-likeness (QED) is 0.830. The van der Waals surface area contributed by atoms with Crippen molar-refractivity contribution in [1.29, 1.82) is 0 Å². The van der Waals surface area contributed by atoms with Crippen LogP contribution in [0, 0.1) is 0 Å². The summed E-state index contributed by atoms with van der Waals surface area (Å²) in [6.45, 7) is -0.461. The third-order valence-electron chi connectivity index (χ3n) is 2.46. The van der Waals surface area contributed by atoms with Crippen molar-refractivity contribution >= 4 is 46.7 Å². The predicted octanol–water partition coefficient (Wildman–Crippen LogP) is 1.48. The van der Waals surface area contributed by atoms with Crippen molar-refractivity contribution < 1.29 is 14.4 Å². The van der Waals surface area contributed by atoms with Crippen LogP contribution in [0.15, 0.2) is 18.2 Å². The standard InChI is InChI=1S/C11H9Cl2N3O3/c12-6-2-1-3-7(10(6)13)15-8(17)5-16-9(18)4-14-11(16)19/h1-3H,4-5H2,(H,14,19)(H,15,17). The Morgan fingerprint density at radius 2 is 2.11 bits per heavy atom. The monoisotopic (exact) mass is 301 g/mol. The molecule has 1 aromatic rings. The number of imide groups is 1. The normalized spacial score (nSPS) is 14.5. The van der Waals surface area contributed by atoms with Crippen LogP contribution < -0.4 is 10.6 Å². The molecule has 2 rings (SSSR count). The molecular formula is C11H9Cl2N3O3. The highest BCUT2D eigenvalue weighted by Crippen LogP contribution is 2.29. The number of carbonyl (C=O) groups is 3. The molecule has 1 aromatic carbocycles. The molecule has 0 radical (unpaired) electrons. The molecule has 0 bridgehead atoms. The molecule has 2 N–H and O–H groups in total. The second-order valence-electron chi connectivity index (χ2n) is 3.79. The predicted molar refractivity (Wildman–Crippen MR) is 70.2 cm³/mol. The Morgan fingerprint density at radius 1 is 1.37 bits per heavy atom. The van der Waals surface area contributed by atoms with E-state index in [1.165, 1.54) is 0 Å². The lowest BCUT2D eigenvalue weighted by Gasteiger charge is -2.13. The number of halogens is 2. The van der Waals surface area contributed by atoms with Gasteiger partial charge in [0.05, 0.1) is 22.3 Å². The molecular weight excluding hydrogens is 293 g/mol. The molecule has 0 atom stereocenters. The number of hydrogen-bond donors (Lipinski definition) is 2. The first-order chi connectivity index (χ1) is 8.99. The van der Waals surface area contributed by atoms with Gasteiger partial charge < -0.3 is 10.6 Å². The van der Waals surface area contributed by atoms with Gasteiger partial charge in [0.1, 0.15) is 6.54 Å². The fourth-order valence-corrected chi connectivity index (χ4v) is 1.90. The number of hydrogen-bond acceptors (Lipinski definition) is 3. The van der Waals surface area contributed by atoms with Gasteiger partial charge in [0.15, 0.2) is 0 Å². The first kappa shape index (κ1) is 13.6. The number of nitrogens with one attached hydrogen (secondary N) is 2. The zero-order valence-corrected chi connectivity index (χ0v) is 11.1. The molecule has 0 unspecified atom stereocenters. The van der Waals surface area contributed by atoms with Crippen molar-refractivity contribution in [3.63, 3.8) is 0 Å². The number of rotatable bonds is 3. The molecule has 1 aliphatic heterocycles. The highest BCUT2D eigenvalue weighted by molar-refractivity contribution is 6.44. The summed E-state index contributed by atoms with van der Waals surface area (Å²) in [4.78, 5) is 35.1. The molecule has 8 heteroatoms.